The van der Waals surface area contributed by atoms with Gasteiger partial charge in [-0.25, -0.2) is 0 Å². The second-order valence-corrected chi connectivity index (χ2v) is 5.58. The average Bonchev–Trinajstić information content (AvgIpc) is 2.25. The Hall–Kier alpha value is -0.400. The summed E-state index contributed by atoms with van der Waals surface area (Å²) in [4.78, 5) is 0. The van der Waals surface area contributed by atoms with Crippen LogP contribution in [0.3, 0.4) is 0 Å². The van der Waals surface area contributed by atoms with E-state index in [0.29, 0.717) is 18.1 Å². The van der Waals surface area contributed by atoms with Crippen LogP contribution in [-0.2, 0) is 14.3 Å². The molecular formula is C9H20N2O3S2. The number of rotatable bonds is 8. The third kappa shape index (κ3) is 8.87. The first kappa shape index (κ1) is 15.6. The molecule has 0 aliphatic heterocycles. The van der Waals surface area contributed by atoms with Crippen molar-refractivity contribution in [1.29, 1.82) is 0 Å². The molecule has 0 saturated carbocycles. The van der Waals surface area contributed by atoms with E-state index in [9.17, 15) is 8.42 Å². The van der Waals surface area contributed by atoms with Crippen LogP contribution in [-0.4, -0.2) is 39.5 Å². The highest BCUT2D eigenvalue weighted by molar-refractivity contribution is 7.86. The summed E-state index contributed by atoms with van der Waals surface area (Å²) in [5.74, 6) is 0.00801. The summed E-state index contributed by atoms with van der Waals surface area (Å²) in [5.41, 5.74) is 0. The maximum absolute atomic E-state index is 11.0. The number of hydrogen-bond donors (Lipinski definition) is 2. The topological polar surface area (TPSA) is 67.4 Å². The fraction of sp³-hybridized carbons (Fsp3) is 0.889. The van der Waals surface area contributed by atoms with Gasteiger partial charge in [0.05, 0.1) is 12.9 Å². The molecule has 0 aromatic carbocycles. The van der Waals surface area contributed by atoms with Crippen molar-refractivity contribution in [2.45, 2.75) is 26.2 Å². The van der Waals surface area contributed by atoms with Crippen molar-refractivity contribution in [3.8, 4) is 0 Å². The predicted octanol–water partition coefficient (Wildman–Crippen LogP) is 0.617. The fourth-order valence-electron chi connectivity index (χ4n) is 0.975. The molecular weight excluding hydrogens is 248 g/mol. The molecule has 0 radical (unpaired) electrons. The van der Waals surface area contributed by atoms with Crippen LogP contribution in [0.15, 0.2) is 0 Å². The van der Waals surface area contributed by atoms with E-state index in [1.165, 1.54) is 7.11 Å². The van der Waals surface area contributed by atoms with Crippen molar-refractivity contribution < 1.29 is 12.6 Å². The molecule has 0 bridgehead atoms. The molecule has 7 heteroatoms. The first-order valence-electron chi connectivity index (χ1n) is 5.32. The molecule has 0 heterocycles. The number of nitrogens with one attached hydrogen (secondary N) is 2. The second kappa shape index (κ2) is 8.72. The summed E-state index contributed by atoms with van der Waals surface area (Å²) in [5, 5.41) is 6.55. The average molecular weight is 268 g/mol. The van der Waals surface area contributed by atoms with E-state index >= 15 is 0 Å². The zero-order valence-corrected chi connectivity index (χ0v) is 11.4. The Morgan fingerprint density at radius 1 is 1.25 bits per heavy atom. The number of unbranched alkanes of at least 4 members (excludes halogenated alkanes) is 1. The van der Waals surface area contributed by atoms with Crippen molar-refractivity contribution >= 4 is 27.4 Å². The predicted molar refractivity (Wildman–Crippen MR) is 68.9 cm³/mol. The van der Waals surface area contributed by atoms with Crippen LogP contribution in [0, 0.1) is 0 Å². The number of thiocarbonyl (C=S) groups is 1. The van der Waals surface area contributed by atoms with Gasteiger partial charge in [0.15, 0.2) is 5.11 Å². The monoisotopic (exact) mass is 268 g/mol. The zero-order chi connectivity index (χ0) is 12.4. The Bertz CT molecular complexity index is 291. The molecule has 0 aromatic rings. The third-order valence-electron chi connectivity index (χ3n) is 1.93. The van der Waals surface area contributed by atoms with Crippen molar-refractivity contribution in [2.24, 2.45) is 0 Å². The van der Waals surface area contributed by atoms with Crippen molar-refractivity contribution in [3.63, 3.8) is 0 Å². The second-order valence-electron chi connectivity index (χ2n) is 3.32. The molecule has 0 amide bonds. The summed E-state index contributed by atoms with van der Waals surface area (Å²) >= 11 is 5.00. The van der Waals surface area contributed by atoms with Crippen molar-refractivity contribution in [1.82, 2.24) is 10.6 Å². The highest BCUT2D eigenvalue weighted by atomic mass is 32.2. The Labute approximate surface area is 103 Å². The van der Waals surface area contributed by atoms with E-state index in [1.807, 2.05) is 0 Å². The Morgan fingerprint density at radius 2 is 1.81 bits per heavy atom. The minimum absolute atomic E-state index is 0.00801. The van der Waals surface area contributed by atoms with Gasteiger partial charge in [0.2, 0.25) is 0 Å². The molecule has 5 nitrogen and oxygen atoms in total. The summed E-state index contributed by atoms with van der Waals surface area (Å²) in [6, 6.07) is 0. The van der Waals surface area contributed by atoms with Gasteiger partial charge in [0.1, 0.15) is 0 Å². The van der Waals surface area contributed by atoms with Gasteiger partial charge in [-0.15, -0.1) is 0 Å². The highest BCUT2D eigenvalue weighted by Gasteiger charge is 2.07. The quantitative estimate of drug-likeness (QED) is 0.382. The van der Waals surface area contributed by atoms with Crippen LogP contribution in [0.25, 0.3) is 0 Å². The molecule has 0 aromatic heterocycles. The molecule has 2 N–H and O–H groups in total. The molecule has 96 valence electrons. The summed E-state index contributed by atoms with van der Waals surface area (Å²) in [7, 11) is -2.18. The maximum Gasteiger partial charge on any atom is 0.267 e. The molecule has 0 spiro atoms. The van der Waals surface area contributed by atoms with E-state index in [1.54, 1.807) is 0 Å². The summed E-state index contributed by atoms with van der Waals surface area (Å²) < 4.78 is 26.2. The SMILES string of the molecule is CCCCNC(=S)NCCCS(=O)(=O)OC. The smallest absolute Gasteiger partial charge is 0.267 e. The van der Waals surface area contributed by atoms with Crippen molar-refractivity contribution in [3.05, 3.63) is 0 Å². The Balaban J connectivity index is 3.48. The minimum atomic E-state index is -3.34. The van der Waals surface area contributed by atoms with Crippen LogP contribution in [0.2, 0.25) is 0 Å². The zero-order valence-electron chi connectivity index (χ0n) is 9.78. The Kier molecular flexibility index (Phi) is 8.50. The molecule has 0 rings (SSSR count). The maximum atomic E-state index is 11.0. The molecule has 0 saturated heterocycles. The van der Waals surface area contributed by atoms with Gasteiger partial charge in [-0.2, -0.15) is 8.42 Å². The molecule has 0 atom stereocenters. The highest BCUT2D eigenvalue weighted by Crippen LogP contribution is 1.92. The Morgan fingerprint density at radius 3 is 2.31 bits per heavy atom. The van der Waals surface area contributed by atoms with Gasteiger partial charge >= 0.3 is 0 Å². The van der Waals surface area contributed by atoms with E-state index < -0.39 is 10.1 Å². The van der Waals surface area contributed by atoms with Crippen LogP contribution in [0.4, 0.5) is 0 Å². The molecule has 0 unspecified atom stereocenters. The molecule has 0 aliphatic carbocycles. The summed E-state index contributed by atoms with van der Waals surface area (Å²) in [6.07, 6.45) is 2.66. The molecule has 0 aliphatic rings. The van der Waals surface area contributed by atoms with E-state index in [4.69, 9.17) is 12.2 Å². The lowest BCUT2D eigenvalue weighted by Crippen LogP contribution is -2.36. The number of hydrogen-bond acceptors (Lipinski definition) is 4. The standard InChI is InChI=1S/C9H20N2O3S2/c1-3-4-6-10-9(15)11-7-5-8-16(12,13)14-2/h3-8H2,1-2H3,(H2,10,11,15). The van der Waals surface area contributed by atoms with Gasteiger partial charge in [0, 0.05) is 13.1 Å². The van der Waals surface area contributed by atoms with Gasteiger partial charge in [-0.3, -0.25) is 4.18 Å². The molecule has 0 fully saturated rings. The van der Waals surface area contributed by atoms with Gasteiger partial charge in [0.25, 0.3) is 10.1 Å². The van der Waals surface area contributed by atoms with Gasteiger partial charge in [-0.05, 0) is 25.1 Å². The van der Waals surface area contributed by atoms with E-state index in [-0.39, 0.29) is 5.75 Å². The normalized spacial score (nSPS) is 11.1. The lowest BCUT2D eigenvalue weighted by molar-refractivity contribution is 0.396. The third-order valence-corrected chi connectivity index (χ3v) is 3.51. The van der Waals surface area contributed by atoms with Crippen LogP contribution in [0.1, 0.15) is 26.2 Å². The first-order valence-corrected chi connectivity index (χ1v) is 7.30. The minimum Gasteiger partial charge on any atom is -0.363 e. The van der Waals surface area contributed by atoms with Crippen molar-refractivity contribution in [2.75, 3.05) is 26.0 Å². The van der Waals surface area contributed by atoms with E-state index in [2.05, 4.69) is 21.7 Å². The van der Waals surface area contributed by atoms with E-state index in [0.717, 1.165) is 19.4 Å². The molecule has 16 heavy (non-hydrogen) atoms. The van der Waals surface area contributed by atoms with Gasteiger partial charge in [-0.1, -0.05) is 13.3 Å². The lowest BCUT2D eigenvalue weighted by Gasteiger charge is -2.09. The van der Waals surface area contributed by atoms with Crippen LogP contribution in [0.5, 0.6) is 0 Å². The van der Waals surface area contributed by atoms with Gasteiger partial charge < -0.3 is 10.6 Å². The van der Waals surface area contributed by atoms with Crippen LogP contribution < -0.4 is 10.6 Å². The summed E-state index contributed by atoms with van der Waals surface area (Å²) in [6.45, 7) is 3.48. The largest absolute Gasteiger partial charge is 0.363 e. The first-order chi connectivity index (χ1) is 7.52. The lowest BCUT2D eigenvalue weighted by atomic mass is 10.3. The fourth-order valence-corrected chi connectivity index (χ4v) is 1.84. The van der Waals surface area contributed by atoms with Crippen LogP contribution >= 0.6 is 12.2 Å².